The van der Waals surface area contributed by atoms with E-state index in [-0.39, 0.29) is 24.2 Å². The summed E-state index contributed by atoms with van der Waals surface area (Å²) in [7, 11) is 0. The van der Waals surface area contributed by atoms with E-state index in [0.29, 0.717) is 13.0 Å². The molecule has 1 saturated carbocycles. The zero-order valence-electron chi connectivity index (χ0n) is 13.8. The molecule has 2 aliphatic heterocycles. The molecule has 2 heterocycles. The van der Waals surface area contributed by atoms with Crippen LogP contribution in [0.2, 0.25) is 0 Å². The molecule has 5 rings (SSSR count). The maximum absolute atomic E-state index is 13.0. The van der Waals surface area contributed by atoms with Gasteiger partial charge in [-0.1, -0.05) is 24.3 Å². The van der Waals surface area contributed by atoms with Gasteiger partial charge in [-0.2, -0.15) is 0 Å². The zero-order valence-corrected chi connectivity index (χ0v) is 13.8. The molecule has 5 nitrogen and oxygen atoms in total. The van der Waals surface area contributed by atoms with Crippen molar-refractivity contribution in [3.63, 3.8) is 0 Å². The lowest BCUT2D eigenvalue weighted by Gasteiger charge is -2.27. The molecule has 2 aromatic carbocycles. The van der Waals surface area contributed by atoms with Crippen LogP contribution in [0.25, 0.3) is 0 Å². The van der Waals surface area contributed by atoms with Gasteiger partial charge in [0.2, 0.25) is 12.7 Å². The van der Waals surface area contributed by atoms with Crippen LogP contribution in [0.1, 0.15) is 36.3 Å². The summed E-state index contributed by atoms with van der Waals surface area (Å²) in [5.41, 5.74) is 1.80. The van der Waals surface area contributed by atoms with Crippen LogP contribution in [-0.4, -0.2) is 19.3 Å². The Labute approximate surface area is 145 Å². The standard InChI is InChI=1S/C20H19NO4/c22-19(15-7-10-23-16-4-2-1-3-14(15)16)21-20(8-9-20)13-5-6-17-18(11-13)25-12-24-17/h1-6,11,15H,7-10,12H2,(H,21,22). The van der Waals surface area contributed by atoms with E-state index in [4.69, 9.17) is 14.2 Å². The summed E-state index contributed by atoms with van der Waals surface area (Å²) in [6, 6.07) is 13.8. The molecule has 1 atom stereocenters. The Morgan fingerprint density at radius 2 is 1.84 bits per heavy atom. The fraction of sp³-hybridized carbons (Fsp3) is 0.350. The molecule has 1 N–H and O–H groups in total. The third kappa shape index (κ3) is 2.42. The van der Waals surface area contributed by atoms with E-state index in [1.54, 1.807) is 0 Å². The van der Waals surface area contributed by atoms with Gasteiger partial charge in [0.05, 0.1) is 18.1 Å². The van der Waals surface area contributed by atoms with E-state index in [1.165, 1.54) is 0 Å². The molecule has 0 radical (unpaired) electrons. The van der Waals surface area contributed by atoms with Crippen molar-refractivity contribution < 1.29 is 19.0 Å². The highest BCUT2D eigenvalue weighted by Crippen LogP contribution is 2.49. The summed E-state index contributed by atoms with van der Waals surface area (Å²) >= 11 is 0. The smallest absolute Gasteiger partial charge is 0.231 e. The highest BCUT2D eigenvalue weighted by atomic mass is 16.7. The number of benzene rings is 2. The van der Waals surface area contributed by atoms with E-state index in [1.807, 2.05) is 42.5 Å². The molecule has 2 aromatic rings. The molecule has 1 fully saturated rings. The van der Waals surface area contributed by atoms with E-state index < -0.39 is 0 Å². The van der Waals surface area contributed by atoms with Crippen molar-refractivity contribution in [1.29, 1.82) is 0 Å². The number of ether oxygens (including phenoxy) is 3. The van der Waals surface area contributed by atoms with Crippen LogP contribution >= 0.6 is 0 Å². The first kappa shape index (κ1) is 14.6. The Morgan fingerprint density at radius 3 is 2.72 bits per heavy atom. The van der Waals surface area contributed by atoms with Crippen LogP contribution < -0.4 is 19.5 Å². The van der Waals surface area contributed by atoms with Gasteiger partial charge in [-0.05, 0) is 43.0 Å². The second-order valence-corrected chi connectivity index (χ2v) is 6.87. The van der Waals surface area contributed by atoms with Crippen molar-refractivity contribution in [2.75, 3.05) is 13.4 Å². The number of hydrogen-bond acceptors (Lipinski definition) is 4. The molecule has 128 valence electrons. The Hall–Kier alpha value is -2.69. The number of nitrogens with one attached hydrogen (secondary N) is 1. The van der Waals surface area contributed by atoms with Gasteiger partial charge in [0, 0.05) is 5.56 Å². The molecule has 0 bridgehead atoms. The summed E-state index contributed by atoms with van der Waals surface area (Å²) in [6.45, 7) is 0.836. The summed E-state index contributed by atoms with van der Waals surface area (Å²) in [5.74, 6) is 2.27. The highest BCUT2D eigenvalue weighted by Gasteiger charge is 2.47. The second kappa shape index (κ2) is 5.41. The zero-order chi connectivity index (χ0) is 16.9. The van der Waals surface area contributed by atoms with Crippen molar-refractivity contribution in [3.05, 3.63) is 53.6 Å². The average molecular weight is 337 g/mol. The van der Waals surface area contributed by atoms with Gasteiger partial charge < -0.3 is 19.5 Å². The molecule has 5 heteroatoms. The van der Waals surface area contributed by atoms with Gasteiger partial charge >= 0.3 is 0 Å². The molecular formula is C20H19NO4. The number of fused-ring (bicyclic) bond motifs is 2. The quantitative estimate of drug-likeness (QED) is 0.935. The number of carbonyl (C=O) groups excluding carboxylic acids is 1. The van der Waals surface area contributed by atoms with Gasteiger partial charge in [-0.25, -0.2) is 0 Å². The van der Waals surface area contributed by atoms with E-state index >= 15 is 0 Å². The van der Waals surface area contributed by atoms with Crippen LogP contribution in [0.4, 0.5) is 0 Å². The minimum atomic E-state index is -0.273. The topological polar surface area (TPSA) is 56.8 Å². The molecule has 1 aliphatic carbocycles. The van der Waals surface area contributed by atoms with Crippen LogP contribution in [0.3, 0.4) is 0 Å². The summed E-state index contributed by atoms with van der Waals surface area (Å²) in [4.78, 5) is 13.0. The molecule has 0 saturated heterocycles. The molecule has 1 amide bonds. The fourth-order valence-electron chi connectivity index (χ4n) is 3.74. The van der Waals surface area contributed by atoms with Gasteiger partial charge in [0.25, 0.3) is 0 Å². The summed E-state index contributed by atoms with van der Waals surface area (Å²) in [6.07, 6.45) is 2.60. The van der Waals surface area contributed by atoms with Crippen LogP contribution in [0.5, 0.6) is 17.2 Å². The van der Waals surface area contributed by atoms with Crippen LogP contribution in [0.15, 0.2) is 42.5 Å². The average Bonchev–Trinajstić information content (AvgIpc) is 3.27. The molecule has 25 heavy (non-hydrogen) atoms. The minimum absolute atomic E-state index is 0.0749. The maximum Gasteiger partial charge on any atom is 0.231 e. The van der Waals surface area contributed by atoms with Gasteiger partial charge in [0.15, 0.2) is 11.5 Å². The second-order valence-electron chi connectivity index (χ2n) is 6.87. The lowest BCUT2D eigenvalue weighted by molar-refractivity contribution is -0.124. The molecular weight excluding hydrogens is 318 g/mol. The number of amides is 1. The van der Waals surface area contributed by atoms with Gasteiger partial charge in [0.1, 0.15) is 5.75 Å². The number of para-hydroxylation sites is 1. The van der Waals surface area contributed by atoms with Crippen molar-refractivity contribution in [1.82, 2.24) is 5.32 Å². The monoisotopic (exact) mass is 337 g/mol. The lowest BCUT2D eigenvalue weighted by atomic mass is 9.91. The number of carbonyl (C=O) groups is 1. The van der Waals surface area contributed by atoms with E-state index in [0.717, 1.165) is 41.2 Å². The fourth-order valence-corrected chi connectivity index (χ4v) is 3.74. The van der Waals surface area contributed by atoms with Crippen molar-refractivity contribution in [2.45, 2.75) is 30.7 Å². The third-order valence-corrected chi connectivity index (χ3v) is 5.31. The third-order valence-electron chi connectivity index (χ3n) is 5.31. The molecule has 1 unspecified atom stereocenters. The lowest BCUT2D eigenvalue weighted by Crippen LogP contribution is -2.39. The Kier molecular flexibility index (Phi) is 3.17. The Morgan fingerprint density at radius 1 is 1.00 bits per heavy atom. The highest BCUT2D eigenvalue weighted by molar-refractivity contribution is 5.86. The SMILES string of the molecule is O=C(NC1(c2ccc3c(c2)OCO3)CC1)C1CCOc2ccccc21. The molecule has 3 aliphatic rings. The maximum atomic E-state index is 13.0. The Balaban J connectivity index is 1.39. The first-order valence-corrected chi connectivity index (χ1v) is 8.69. The van der Waals surface area contributed by atoms with E-state index in [9.17, 15) is 4.79 Å². The molecule has 0 spiro atoms. The van der Waals surface area contributed by atoms with Gasteiger partial charge in [-0.15, -0.1) is 0 Å². The summed E-state index contributed by atoms with van der Waals surface area (Å²) in [5, 5.41) is 3.29. The van der Waals surface area contributed by atoms with Crippen molar-refractivity contribution in [3.8, 4) is 17.2 Å². The molecule has 0 aromatic heterocycles. The van der Waals surface area contributed by atoms with Crippen LogP contribution in [0, 0.1) is 0 Å². The van der Waals surface area contributed by atoms with Crippen LogP contribution in [-0.2, 0) is 10.3 Å². The first-order valence-electron chi connectivity index (χ1n) is 8.69. The normalized spacial score (nSPS) is 21.8. The predicted molar refractivity (Wildman–Crippen MR) is 90.9 cm³/mol. The summed E-state index contributed by atoms with van der Waals surface area (Å²) < 4.78 is 16.5. The van der Waals surface area contributed by atoms with E-state index in [2.05, 4.69) is 5.32 Å². The largest absolute Gasteiger partial charge is 0.493 e. The van der Waals surface area contributed by atoms with Crippen molar-refractivity contribution >= 4 is 5.91 Å². The first-order chi connectivity index (χ1) is 12.3. The predicted octanol–water partition coefficient (Wildman–Crippen LogP) is 3.09. The minimum Gasteiger partial charge on any atom is -0.493 e. The number of hydrogen-bond donors (Lipinski definition) is 1. The Bertz CT molecular complexity index is 843. The number of rotatable bonds is 3. The van der Waals surface area contributed by atoms with Crippen molar-refractivity contribution in [2.24, 2.45) is 0 Å². The van der Waals surface area contributed by atoms with Gasteiger partial charge in [-0.3, -0.25) is 4.79 Å².